The van der Waals surface area contributed by atoms with Gasteiger partial charge in [-0.3, -0.25) is 0 Å². The molecule has 0 saturated carbocycles. The predicted molar refractivity (Wildman–Crippen MR) is 46.0 cm³/mol. The highest BCUT2D eigenvalue weighted by atomic mass is 79.9. The van der Waals surface area contributed by atoms with E-state index < -0.39 is 0 Å². The molecule has 0 bridgehead atoms. The minimum absolute atomic E-state index is 0.887. The van der Waals surface area contributed by atoms with Crippen LogP contribution in [0.2, 0.25) is 0 Å². The molecule has 54 valence electrons. The first-order valence-electron chi connectivity index (χ1n) is 3.03. The summed E-state index contributed by atoms with van der Waals surface area (Å²) in [5.41, 5.74) is 1.12. The molecule has 10 heavy (non-hydrogen) atoms. The maximum absolute atomic E-state index is 3.97. The Kier molecular flexibility index (Phi) is 2.68. The van der Waals surface area contributed by atoms with Gasteiger partial charge in [0.1, 0.15) is 0 Å². The monoisotopic (exact) mass is 200 g/mol. The van der Waals surface area contributed by atoms with E-state index in [-0.39, 0.29) is 0 Å². The lowest BCUT2D eigenvalue weighted by Gasteiger charge is -1.91. The number of imidazole rings is 1. The summed E-state index contributed by atoms with van der Waals surface area (Å²) in [6.45, 7) is 0. The molecule has 1 aromatic heterocycles. The summed E-state index contributed by atoms with van der Waals surface area (Å²) in [5, 5.41) is 0.887. The molecule has 3 heteroatoms. The highest BCUT2D eigenvalue weighted by Gasteiger charge is 1.88. The first-order chi connectivity index (χ1) is 4.84. The Hall–Kier alpha value is -0.570. The van der Waals surface area contributed by atoms with Gasteiger partial charge in [0, 0.05) is 12.4 Å². The Morgan fingerprint density at radius 2 is 2.60 bits per heavy atom. The quantitative estimate of drug-likeness (QED) is 0.667. The Labute approximate surface area is 68.7 Å². The molecule has 2 nitrogen and oxygen atoms in total. The van der Waals surface area contributed by atoms with E-state index in [9.17, 15) is 0 Å². The van der Waals surface area contributed by atoms with Gasteiger partial charge in [0.25, 0.3) is 0 Å². The largest absolute Gasteiger partial charge is 0.334 e. The fraction of sp³-hybridized carbons (Fsp3) is 0.286. The Balaban J connectivity index is 2.74. The van der Waals surface area contributed by atoms with Crippen LogP contribution in [0, 0.1) is 0 Å². The predicted octanol–water partition coefficient (Wildman–Crippen LogP) is 1.83. The average Bonchev–Trinajstić information content (AvgIpc) is 2.31. The van der Waals surface area contributed by atoms with Crippen molar-refractivity contribution in [2.24, 2.45) is 7.05 Å². The summed E-state index contributed by atoms with van der Waals surface area (Å²) in [6, 6.07) is 0. The van der Waals surface area contributed by atoms with Crippen LogP contribution in [0.1, 0.15) is 5.69 Å². The number of alkyl halides is 1. The second-order valence-electron chi connectivity index (χ2n) is 1.99. The first-order valence-corrected chi connectivity index (χ1v) is 4.15. The van der Waals surface area contributed by atoms with E-state index in [1.807, 2.05) is 30.0 Å². The highest BCUT2D eigenvalue weighted by Crippen LogP contribution is 1.99. The molecule has 0 aliphatic heterocycles. The van der Waals surface area contributed by atoms with Crippen LogP contribution >= 0.6 is 15.9 Å². The van der Waals surface area contributed by atoms with Gasteiger partial charge < -0.3 is 4.57 Å². The van der Waals surface area contributed by atoms with Crippen LogP contribution in [-0.2, 0) is 7.05 Å². The van der Waals surface area contributed by atoms with Gasteiger partial charge in [-0.2, -0.15) is 0 Å². The van der Waals surface area contributed by atoms with Crippen molar-refractivity contribution in [2.45, 2.75) is 0 Å². The van der Waals surface area contributed by atoms with Crippen molar-refractivity contribution >= 4 is 22.0 Å². The molecule has 1 heterocycles. The molecule has 0 saturated heterocycles. The van der Waals surface area contributed by atoms with Gasteiger partial charge >= 0.3 is 0 Å². The Morgan fingerprint density at radius 3 is 3.10 bits per heavy atom. The van der Waals surface area contributed by atoms with Gasteiger partial charge in [-0.25, -0.2) is 4.98 Å². The number of rotatable bonds is 2. The van der Waals surface area contributed by atoms with E-state index in [1.165, 1.54) is 0 Å². The van der Waals surface area contributed by atoms with Crippen LogP contribution in [0.25, 0.3) is 6.08 Å². The van der Waals surface area contributed by atoms with Crippen LogP contribution in [0.15, 0.2) is 18.6 Å². The van der Waals surface area contributed by atoms with Crippen molar-refractivity contribution in [3.63, 3.8) is 0 Å². The van der Waals surface area contributed by atoms with E-state index >= 15 is 0 Å². The summed E-state index contributed by atoms with van der Waals surface area (Å²) < 4.78 is 1.97. The lowest BCUT2D eigenvalue weighted by molar-refractivity contribution is 0.902. The van der Waals surface area contributed by atoms with Gasteiger partial charge in [0.2, 0.25) is 0 Å². The zero-order chi connectivity index (χ0) is 7.40. The van der Waals surface area contributed by atoms with Crippen molar-refractivity contribution in [3.8, 4) is 0 Å². The van der Waals surface area contributed by atoms with Gasteiger partial charge in [0.05, 0.1) is 18.2 Å². The molecule has 0 unspecified atom stereocenters. The van der Waals surface area contributed by atoms with E-state index in [0.717, 1.165) is 11.0 Å². The van der Waals surface area contributed by atoms with Gasteiger partial charge in [0.15, 0.2) is 0 Å². The molecule has 0 aromatic carbocycles. The van der Waals surface area contributed by atoms with Gasteiger partial charge in [-0.05, 0) is 6.08 Å². The molecule has 1 rings (SSSR count). The second-order valence-corrected chi connectivity index (χ2v) is 2.63. The lowest BCUT2D eigenvalue weighted by atomic mass is 10.4. The summed E-state index contributed by atoms with van der Waals surface area (Å²) in [4.78, 5) is 3.97. The van der Waals surface area contributed by atoms with Gasteiger partial charge in [-0.1, -0.05) is 22.0 Å². The second kappa shape index (κ2) is 3.56. The van der Waals surface area contributed by atoms with Crippen LogP contribution in [-0.4, -0.2) is 14.9 Å². The number of aryl methyl sites for hydroxylation is 1. The Bertz CT molecular complexity index is 227. The number of aromatic nitrogens is 2. The van der Waals surface area contributed by atoms with E-state index in [1.54, 1.807) is 6.33 Å². The number of hydrogen-bond acceptors (Lipinski definition) is 1. The molecular formula is C7H9BrN2. The molecule has 0 aliphatic rings. The summed E-state index contributed by atoms with van der Waals surface area (Å²) in [7, 11) is 1.97. The third-order valence-electron chi connectivity index (χ3n) is 1.23. The standard InChI is InChI=1S/C7H9BrN2/c1-10-6-9-5-7(10)3-2-4-8/h2-3,5-6H,4H2,1H3. The smallest absolute Gasteiger partial charge is 0.0948 e. The highest BCUT2D eigenvalue weighted by molar-refractivity contribution is 9.09. The normalized spacial score (nSPS) is 11.0. The fourth-order valence-corrected chi connectivity index (χ4v) is 0.880. The third-order valence-corrected chi connectivity index (χ3v) is 1.61. The average molecular weight is 201 g/mol. The molecule has 0 radical (unpaired) electrons. The lowest BCUT2D eigenvalue weighted by Crippen LogP contribution is -1.86. The minimum Gasteiger partial charge on any atom is -0.334 e. The number of nitrogens with zero attached hydrogens (tertiary/aromatic N) is 2. The molecule has 1 aromatic rings. The van der Waals surface area contributed by atoms with Crippen molar-refractivity contribution in [1.82, 2.24) is 9.55 Å². The maximum atomic E-state index is 3.97. The molecule has 0 amide bonds. The zero-order valence-corrected chi connectivity index (χ0v) is 7.37. The summed E-state index contributed by atoms with van der Waals surface area (Å²) >= 11 is 3.30. The topological polar surface area (TPSA) is 17.8 Å². The van der Waals surface area contributed by atoms with Crippen LogP contribution in [0.5, 0.6) is 0 Å². The van der Waals surface area contributed by atoms with Crippen molar-refractivity contribution in [2.75, 3.05) is 5.33 Å². The molecular weight excluding hydrogens is 192 g/mol. The van der Waals surface area contributed by atoms with E-state index in [4.69, 9.17) is 0 Å². The third kappa shape index (κ3) is 1.70. The zero-order valence-electron chi connectivity index (χ0n) is 5.79. The first kappa shape index (κ1) is 7.54. The summed E-state index contributed by atoms with van der Waals surface area (Å²) in [6.07, 6.45) is 7.69. The van der Waals surface area contributed by atoms with Crippen molar-refractivity contribution < 1.29 is 0 Å². The maximum Gasteiger partial charge on any atom is 0.0948 e. The number of hydrogen-bond donors (Lipinski definition) is 0. The van der Waals surface area contributed by atoms with Crippen molar-refractivity contribution in [1.29, 1.82) is 0 Å². The van der Waals surface area contributed by atoms with Crippen LogP contribution < -0.4 is 0 Å². The van der Waals surface area contributed by atoms with E-state index in [0.29, 0.717) is 0 Å². The van der Waals surface area contributed by atoms with E-state index in [2.05, 4.69) is 20.9 Å². The van der Waals surface area contributed by atoms with Crippen LogP contribution in [0.3, 0.4) is 0 Å². The summed E-state index contributed by atoms with van der Waals surface area (Å²) in [5.74, 6) is 0. The van der Waals surface area contributed by atoms with Gasteiger partial charge in [-0.15, -0.1) is 0 Å². The fourth-order valence-electron chi connectivity index (χ4n) is 0.693. The van der Waals surface area contributed by atoms with Crippen molar-refractivity contribution in [3.05, 3.63) is 24.3 Å². The molecule has 0 N–H and O–H groups in total. The molecule has 0 atom stereocenters. The van der Waals surface area contributed by atoms with Crippen LogP contribution in [0.4, 0.5) is 0 Å². The molecule has 0 aliphatic carbocycles. The Morgan fingerprint density at radius 1 is 1.80 bits per heavy atom. The SMILES string of the molecule is Cn1cncc1C=CCBr. The molecule has 0 spiro atoms. The molecule has 0 fully saturated rings. The number of allylic oxidation sites excluding steroid dienone is 1. The number of halogens is 1. The minimum atomic E-state index is 0.887.